The molecule has 0 aromatic heterocycles. The molecule has 1 saturated heterocycles. The Morgan fingerprint density at radius 1 is 1.05 bits per heavy atom. The molecule has 1 atom stereocenters. The monoisotopic (exact) mass is 281 g/mol. The molecule has 1 aliphatic heterocycles. The van der Waals surface area contributed by atoms with Gasteiger partial charge in [0.25, 0.3) is 0 Å². The molecule has 2 aliphatic rings. The first kappa shape index (κ1) is 15.3. The normalized spacial score (nSPS) is 23.9. The number of hydrogen-bond donors (Lipinski definition) is 0. The fourth-order valence-electron chi connectivity index (χ4n) is 3.70. The average molecular weight is 281 g/mol. The van der Waals surface area contributed by atoms with Gasteiger partial charge in [-0.2, -0.15) is 0 Å². The molecule has 2 rings (SSSR count). The second-order valence-corrected chi connectivity index (χ2v) is 6.00. The van der Waals surface area contributed by atoms with E-state index >= 15 is 0 Å². The Morgan fingerprint density at radius 2 is 1.80 bits per heavy atom. The van der Waals surface area contributed by atoms with Crippen LogP contribution in [0.1, 0.15) is 64.7 Å². The maximum atomic E-state index is 12.3. The number of esters is 1. The third kappa shape index (κ3) is 3.97. The molecule has 1 aliphatic carbocycles. The molecule has 0 aromatic carbocycles. The van der Waals surface area contributed by atoms with E-state index in [0.717, 1.165) is 19.4 Å². The van der Waals surface area contributed by atoms with Crippen molar-refractivity contribution in [3.05, 3.63) is 0 Å². The number of rotatable bonds is 5. The van der Waals surface area contributed by atoms with Crippen LogP contribution in [-0.2, 0) is 14.3 Å². The fourth-order valence-corrected chi connectivity index (χ4v) is 3.70. The van der Waals surface area contributed by atoms with Gasteiger partial charge >= 0.3 is 5.97 Å². The Bertz CT molecular complexity index is 337. The van der Waals surface area contributed by atoms with E-state index in [1.54, 1.807) is 6.92 Å². The zero-order valence-corrected chi connectivity index (χ0v) is 12.6. The lowest BCUT2D eigenvalue weighted by atomic mass is 9.83. The Labute approximate surface area is 121 Å². The summed E-state index contributed by atoms with van der Waals surface area (Å²) in [7, 11) is 0. The van der Waals surface area contributed by atoms with Gasteiger partial charge in [-0.15, -0.1) is 0 Å². The van der Waals surface area contributed by atoms with E-state index in [1.165, 1.54) is 32.1 Å². The van der Waals surface area contributed by atoms with Crippen LogP contribution in [0.5, 0.6) is 0 Å². The first-order chi connectivity index (χ1) is 9.72. The molecule has 0 aromatic rings. The van der Waals surface area contributed by atoms with Crippen LogP contribution in [-0.4, -0.2) is 36.0 Å². The molecule has 1 unspecified atom stereocenters. The standard InChI is InChI=1S/C16H27NO3/c1-2-20-16(19)11-10-15(18)17-12-6-9-14(17)13-7-4-3-5-8-13/h13-14H,2-12H2,1H3. The van der Waals surface area contributed by atoms with Gasteiger partial charge in [0.15, 0.2) is 0 Å². The minimum atomic E-state index is -0.255. The molecular formula is C16H27NO3. The maximum Gasteiger partial charge on any atom is 0.306 e. The minimum absolute atomic E-state index is 0.145. The molecule has 4 heteroatoms. The van der Waals surface area contributed by atoms with Crippen LogP contribution >= 0.6 is 0 Å². The number of amides is 1. The van der Waals surface area contributed by atoms with Crippen molar-refractivity contribution < 1.29 is 14.3 Å². The van der Waals surface area contributed by atoms with Crippen molar-refractivity contribution in [2.75, 3.05) is 13.2 Å². The summed E-state index contributed by atoms with van der Waals surface area (Å²) in [6.07, 6.45) is 9.31. The van der Waals surface area contributed by atoms with Crippen molar-refractivity contribution >= 4 is 11.9 Å². The quantitative estimate of drug-likeness (QED) is 0.728. The van der Waals surface area contributed by atoms with Crippen LogP contribution < -0.4 is 0 Å². The number of nitrogens with zero attached hydrogens (tertiary/aromatic N) is 1. The van der Waals surface area contributed by atoms with Crippen LogP contribution in [0.3, 0.4) is 0 Å². The summed E-state index contributed by atoms with van der Waals surface area (Å²) in [6.45, 7) is 3.06. The van der Waals surface area contributed by atoms with Crippen molar-refractivity contribution in [1.82, 2.24) is 4.90 Å². The third-order valence-electron chi connectivity index (χ3n) is 4.66. The molecule has 0 radical (unpaired) electrons. The number of ether oxygens (including phenoxy) is 1. The van der Waals surface area contributed by atoms with E-state index in [0.29, 0.717) is 25.0 Å². The summed E-state index contributed by atoms with van der Waals surface area (Å²) < 4.78 is 4.89. The van der Waals surface area contributed by atoms with Crippen LogP contribution in [0, 0.1) is 5.92 Å². The van der Waals surface area contributed by atoms with E-state index in [9.17, 15) is 9.59 Å². The molecule has 4 nitrogen and oxygen atoms in total. The van der Waals surface area contributed by atoms with Crippen LogP contribution in [0.15, 0.2) is 0 Å². The molecule has 20 heavy (non-hydrogen) atoms. The first-order valence-corrected chi connectivity index (χ1v) is 8.17. The van der Waals surface area contributed by atoms with Gasteiger partial charge in [0.05, 0.1) is 13.0 Å². The maximum absolute atomic E-state index is 12.3. The smallest absolute Gasteiger partial charge is 0.306 e. The molecular weight excluding hydrogens is 254 g/mol. The minimum Gasteiger partial charge on any atom is -0.466 e. The van der Waals surface area contributed by atoms with Crippen LogP contribution in [0.2, 0.25) is 0 Å². The summed E-state index contributed by atoms with van der Waals surface area (Å²) >= 11 is 0. The third-order valence-corrected chi connectivity index (χ3v) is 4.66. The SMILES string of the molecule is CCOC(=O)CCC(=O)N1CCCC1C1CCCCC1. The fraction of sp³-hybridized carbons (Fsp3) is 0.875. The number of hydrogen-bond acceptors (Lipinski definition) is 3. The van der Waals surface area contributed by atoms with E-state index in [-0.39, 0.29) is 18.3 Å². The topological polar surface area (TPSA) is 46.6 Å². The zero-order chi connectivity index (χ0) is 14.4. The lowest BCUT2D eigenvalue weighted by molar-refractivity contribution is -0.146. The lowest BCUT2D eigenvalue weighted by Gasteiger charge is -2.34. The van der Waals surface area contributed by atoms with E-state index in [2.05, 4.69) is 4.90 Å². The second-order valence-electron chi connectivity index (χ2n) is 6.00. The molecule has 114 valence electrons. The highest BCUT2D eigenvalue weighted by Crippen LogP contribution is 2.34. The molecule has 0 bridgehead atoms. The first-order valence-electron chi connectivity index (χ1n) is 8.17. The predicted octanol–water partition coefficient (Wildman–Crippen LogP) is 2.90. The van der Waals surface area contributed by atoms with Gasteiger partial charge in [-0.3, -0.25) is 9.59 Å². The molecule has 1 heterocycles. The molecule has 1 saturated carbocycles. The van der Waals surface area contributed by atoms with Crippen LogP contribution in [0.25, 0.3) is 0 Å². The number of carbonyl (C=O) groups is 2. The molecule has 0 N–H and O–H groups in total. The van der Waals surface area contributed by atoms with Crippen molar-refractivity contribution in [2.45, 2.75) is 70.8 Å². The number of carbonyl (C=O) groups excluding carboxylic acids is 2. The van der Waals surface area contributed by atoms with E-state index in [4.69, 9.17) is 4.74 Å². The summed E-state index contributed by atoms with van der Waals surface area (Å²) in [5.74, 6) is 0.582. The highest BCUT2D eigenvalue weighted by molar-refractivity contribution is 5.81. The summed E-state index contributed by atoms with van der Waals surface area (Å²) in [6, 6.07) is 0.435. The predicted molar refractivity (Wildman–Crippen MR) is 77.2 cm³/mol. The van der Waals surface area contributed by atoms with Gasteiger partial charge < -0.3 is 9.64 Å². The Balaban J connectivity index is 1.82. The summed E-state index contributed by atoms with van der Waals surface area (Å²) in [4.78, 5) is 25.7. The highest BCUT2D eigenvalue weighted by atomic mass is 16.5. The number of likely N-dealkylation sites (tertiary alicyclic amines) is 1. The van der Waals surface area contributed by atoms with Crippen molar-refractivity contribution in [2.24, 2.45) is 5.92 Å². The lowest BCUT2D eigenvalue weighted by Crippen LogP contribution is -2.40. The zero-order valence-electron chi connectivity index (χ0n) is 12.6. The van der Waals surface area contributed by atoms with E-state index in [1.807, 2.05) is 0 Å². The highest BCUT2D eigenvalue weighted by Gasteiger charge is 2.34. The summed E-state index contributed by atoms with van der Waals surface area (Å²) in [5, 5.41) is 0. The van der Waals surface area contributed by atoms with Gasteiger partial charge in [0.1, 0.15) is 0 Å². The molecule has 0 spiro atoms. The largest absolute Gasteiger partial charge is 0.466 e. The second kappa shape index (κ2) is 7.65. The summed E-state index contributed by atoms with van der Waals surface area (Å²) in [5.41, 5.74) is 0. The van der Waals surface area contributed by atoms with Crippen molar-refractivity contribution in [1.29, 1.82) is 0 Å². The van der Waals surface area contributed by atoms with Crippen molar-refractivity contribution in [3.8, 4) is 0 Å². The van der Waals surface area contributed by atoms with Gasteiger partial charge in [-0.25, -0.2) is 0 Å². The molecule has 2 fully saturated rings. The van der Waals surface area contributed by atoms with Gasteiger partial charge in [-0.05, 0) is 38.5 Å². The van der Waals surface area contributed by atoms with Crippen LogP contribution in [0.4, 0.5) is 0 Å². The Morgan fingerprint density at radius 3 is 2.50 bits per heavy atom. The van der Waals surface area contributed by atoms with Gasteiger partial charge in [-0.1, -0.05) is 19.3 Å². The Kier molecular flexibility index (Phi) is 5.86. The van der Waals surface area contributed by atoms with Crippen molar-refractivity contribution in [3.63, 3.8) is 0 Å². The average Bonchev–Trinajstić information content (AvgIpc) is 2.95. The molecule has 1 amide bonds. The van der Waals surface area contributed by atoms with Gasteiger partial charge in [0.2, 0.25) is 5.91 Å². The van der Waals surface area contributed by atoms with Gasteiger partial charge in [0, 0.05) is 19.0 Å². The van der Waals surface area contributed by atoms with E-state index < -0.39 is 0 Å². The Hall–Kier alpha value is -1.06.